The van der Waals surface area contributed by atoms with Crippen molar-refractivity contribution in [1.82, 2.24) is 0 Å². The molecule has 0 bridgehead atoms. The summed E-state index contributed by atoms with van der Waals surface area (Å²) in [6.45, 7) is 1.56. The molecule has 67 valence electrons. The van der Waals surface area contributed by atoms with Crippen LogP contribution in [0.15, 0.2) is 0 Å². The smallest absolute Gasteiger partial charge is 0.418 e. The number of hydrogen-bond donors (Lipinski definition) is 1. The van der Waals surface area contributed by atoms with E-state index >= 15 is 0 Å². The lowest BCUT2D eigenvalue weighted by molar-refractivity contribution is -0.164. The van der Waals surface area contributed by atoms with Crippen molar-refractivity contribution < 1.29 is 29.0 Å². The van der Waals surface area contributed by atoms with Gasteiger partial charge in [-0.1, -0.05) is 0 Å². The van der Waals surface area contributed by atoms with Crippen LogP contribution in [0, 0.1) is 0 Å². The molecular formula is C6H7O6. The molecule has 0 aromatic heterocycles. The lowest BCUT2D eigenvalue weighted by Gasteiger charge is -2.06. The van der Waals surface area contributed by atoms with Crippen LogP contribution in [0.25, 0.3) is 0 Å². The van der Waals surface area contributed by atoms with Crippen molar-refractivity contribution >= 4 is 18.4 Å². The first-order valence-corrected chi connectivity index (χ1v) is 2.99. The standard InChI is InChI=1S/C6H7O6/c1-4(6(9)10)12-5(8)2-11-3-7/h4H,2H2,1H3,(H,9,10). The molecule has 0 aliphatic heterocycles. The highest BCUT2D eigenvalue weighted by molar-refractivity contribution is 5.78. The molecule has 0 heterocycles. The van der Waals surface area contributed by atoms with Crippen LogP contribution in [0.4, 0.5) is 0 Å². The number of hydrogen-bond acceptors (Lipinski definition) is 5. The molecule has 0 fully saturated rings. The molecule has 0 saturated carbocycles. The molecule has 0 aromatic carbocycles. The Balaban J connectivity index is 3.68. The molecule has 0 amide bonds. The zero-order valence-corrected chi connectivity index (χ0v) is 6.27. The van der Waals surface area contributed by atoms with Gasteiger partial charge in [-0.3, -0.25) is 0 Å². The quantitative estimate of drug-likeness (QED) is 0.544. The molecule has 0 saturated heterocycles. The summed E-state index contributed by atoms with van der Waals surface area (Å²) < 4.78 is 8.17. The van der Waals surface area contributed by atoms with Crippen LogP contribution < -0.4 is 0 Å². The number of rotatable bonds is 5. The fourth-order valence-corrected chi connectivity index (χ4v) is 0.370. The van der Waals surface area contributed by atoms with Gasteiger partial charge in [0.25, 0.3) is 0 Å². The van der Waals surface area contributed by atoms with E-state index in [4.69, 9.17) is 5.11 Å². The van der Waals surface area contributed by atoms with Crippen LogP contribution in [0.1, 0.15) is 6.92 Å². The molecule has 0 spiro atoms. The molecule has 0 aliphatic carbocycles. The van der Waals surface area contributed by atoms with Crippen LogP contribution in [-0.2, 0) is 23.9 Å². The highest BCUT2D eigenvalue weighted by Gasteiger charge is 2.16. The fraction of sp³-hybridized carbons (Fsp3) is 0.500. The summed E-state index contributed by atoms with van der Waals surface area (Å²) in [7, 11) is 0. The molecule has 1 atom stereocenters. The van der Waals surface area contributed by atoms with Gasteiger partial charge in [-0.05, 0) is 6.92 Å². The summed E-state index contributed by atoms with van der Waals surface area (Å²) in [5, 5.41) is 8.26. The molecular weight excluding hydrogens is 168 g/mol. The number of carbonyl (C=O) groups excluding carboxylic acids is 2. The maximum atomic E-state index is 10.5. The van der Waals surface area contributed by atoms with Gasteiger partial charge in [-0.25, -0.2) is 14.4 Å². The summed E-state index contributed by atoms with van der Waals surface area (Å²) in [4.78, 5) is 30.1. The molecule has 1 radical (unpaired) electrons. The first kappa shape index (κ1) is 10.4. The first-order valence-electron chi connectivity index (χ1n) is 2.99. The van der Waals surface area contributed by atoms with Crippen LogP contribution in [-0.4, -0.2) is 36.2 Å². The lowest BCUT2D eigenvalue weighted by Crippen LogP contribution is -2.25. The second-order valence-electron chi connectivity index (χ2n) is 1.84. The number of carboxylic acids is 1. The molecule has 0 aromatic rings. The highest BCUT2D eigenvalue weighted by atomic mass is 16.6. The number of carboxylic acid groups (broad SMARTS) is 1. The third-order valence-corrected chi connectivity index (χ3v) is 0.905. The van der Waals surface area contributed by atoms with Crippen molar-refractivity contribution in [2.75, 3.05) is 6.61 Å². The predicted molar refractivity (Wildman–Crippen MR) is 34.8 cm³/mol. The Morgan fingerprint density at radius 1 is 1.58 bits per heavy atom. The minimum atomic E-state index is -1.27. The van der Waals surface area contributed by atoms with Crippen molar-refractivity contribution in [3.05, 3.63) is 0 Å². The van der Waals surface area contributed by atoms with E-state index < -0.39 is 24.6 Å². The minimum Gasteiger partial charge on any atom is -0.479 e. The Labute approximate surface area is 68.1 Å². The Morgan fingerprint density at radius 3 is 2.58 bits per heavy atom. The van der Waals surface area contributed by atoms with E-state index in [9.17, 15) is 14.4 Å². The summed E-state index contributed by atoms with van der Waals surface area (Å²) >= 11 is 0. The summed E-state index contributed by atoms with van der Waals surface area (Å²) in [6.07, 6.45) is -1.24. The predicted octanol–water partition coefficient (Wildman–Crippen LogP) is -0.913. The second kappa shape index (κ2) is 5.11. The molecule has 0 aliphatic rings. The summed E-state index contributed by atoms with van der Waals surface area (Å²) in [5.74, 6) is -2.19. The number of carbonyl (C=O) groups is 2. The monoisotopic (exact) mass is 175 g/mol. The topological polar surface area (TPSA) is 89.9 Å². The molecule has 1 N–H and O–H groups in total. The van der Waals surface area contributed by atoms with Crippen LogP contribution in [0.3, 0.4) is 0 Å². The van der Waals surface area contributed by atoms with Gasteiger partial charge in [-0.2, -0.15) is 0 Å². The molecule has 6 heteroatoms. The third-order valence-electron chi connectivity index (χ3n) is 0.905. The van der Waals surface area contributed by atoms with Crippen LogP contribution in [0.5, 0.6) is 0 Å². The lowest BCUT2D eigenvalue weighted by atomic mass is 10.4. The van der Waals surface area contributed by atoms with E-state index in [1.54, 1.807) is 0 Å². The minimum absolute atomic E-state index is 0.624. The van der Waals surface area contributed by atoms with Crippen molar-refractivity contribution in [3.63, 3.8) is 0 Å². The summed E-state index contributed by atoms with van der Waals surface area (Å²) in [5.41, 5.74) is 0. The molecule has 12 heavy (non-hydrogen) atoms. The van der Waals surface area contributed by atoms with Gasteiger partial charge in [-0.15, -0.1) is 0 Å². The SMILES string of the molecule is CC(OC(=O)CO[C]=O)C(=O)O. The van der Waals surface area contributed by atoms with E-state index in [1.165, 1.54) is 6.92 Å². The average Bonchev–Trinajstić information content (AvgIpc) is 2.00. The highest BCUT2D eigenvalue weighted by Crippen LogP contribution is 1.91. The Hall–Kier alpha value is -1.59. The Kier molecular flexibility index (Phi) is 4.43. The van der Waals surface area contributed by atoms with Crippen molar-refractivity contribution in [1.29, 1.82) is 0 Å². The van der Waals surface area contributed by atoms with E-state index in [2.05, 4.69) is 9.47 Å². The van der Waals surface area contributed by atoms with Gasteiger partial charge < -0.3 is 14.6 Å². The van der Waals surface area contributed by atoms with Crippen molar-refractivity contribution in [3.8, 4) is 0 Å². The maximum Gasteiger partial charge on any atom is 0.418 e. The normalized spacial score (nSPS) is 11.4. The van der Waals surface area contributed by atoms with Gasteiger partial charge in [0.05, 0.1) is 0 Å². The van der Waals surface area contributed by atoms with E-state index in [-0.39, 0.29) is 0 Å². The maximum absolute atomic E-state index is 10.5. The van der Waals surface area contributed by atoms with Crippen molar-refractivity contribution in [2.45, 2.75) is 13.0 Å². The second-order valence-corrected chi connectivity index (χ2v) is 1.84. The third kappa shape index (κ3) is 4.26. The molecule has 6 nitrogen and oxygen atoms in total. The Bertz CT molecular complexity index is 186. The van der Waals surface area contributed by atoms with Crippen LogP contribution >= 0.6 is 0 Å². The largest absolute Gasteiger partial charge is 0.479 e. The Morgan fingerprint density at radius 2 is 2.17 bits per heavy atom. The van der Waals surface area contributed by atoms with Gasteiger partial charge in [0.15, 0.2) is 12.7 Å². The number of aliphatic carboxylic acids is 1. The van der Waals surface area contributed by atoms with Crippen LogP contribution in [0.2, 0.25) is 0 Å². The average molecular weight is 175 g/mol. The van der Waals surface area contributed by atoms with Gasteiger partial charge >= 0.3 is 18.4 Å². The fourth-order valence-electron chi connectivity index (χ4n) is 0.370. The van der Waals surface area contributed by atoms with E-state index in [0.29, 0.717) is 0 Å². The van der Waals surface area contributed by atoms with Crippen molar-refractivity contribution in [2.24, 2.45) is 0 Å². The number of ether oxygens (including phenoxy) is 2. The van der Waals surface area contributed by atoms with Gasteiger partial charge in [0, 0.05) is 0 Å². The first-order chi connectivity index (χ1) is 5.57. The van der Waals surface area contributed by atoms with E-state index in [0.717, 1.165) is 6.47 Å². The zero-order valence-electron chi connectivity index (χ0n) is 6.27. The van der Waals surface area contributed by atoms with Gasteiger partial charge in [0.1, 0.15) is 0 Å². The van der Waals surface area contributed by atoms with E-state index in [1.807, 2.05) is 0 Å². The number of esters is 1. The zero-order chi connectivity index (χ0) is 9.56. The summed E-state index contributed by atoms with van der Waals surface area (Å²) in [6, 6.07) is 0. The molecule has 0 rings (SSSR count). The molecule has 1 unspecified atom stereocenters. The van der Waals surface area contributed by atoms with Gasteiger partial charge in [0.2, 0.25) is 0 Å².